The Bertz CT molecular complexity index is 355. The fourth-order valence-corrected chi connectivity index (χ4v) is 1.46. The van der Waals surface area contributed by atoms with Crippen LogP contribution in [0.5, 0.6) is 0 Å². The van der Waals surface area contributed by atoms with Gasteiger partial charge in [0.15, 0.2) is 0 Å². The van der Waals surface area contributed by atoms with Crippen molar-refractivity contribution in [2.45, 2.75) is 19.3 Å². The second-order valence-corrected chi connectivity index (χ2v) is 3.61. The van der Waals surface area contributed by atoms with E-state index >= 15 is 0 Å². The molecule has 0 bridgehead atoms. The molecule has 0 saturated carbocycles. The Morgan fingerprint density at radius 3 is 2.71 bits per heavy atom. The van der Waals surface area contributed by atoms with E-state index in [2.05, 4.69) is 4.98 Å². The number of carbonyl (C=O) groups is 1. The molecule has 0 aliphatic heterocycles. The third-order valence-electron chi connectivity index (χ3n) is 1.93. The highest BCUT2D eigenvalue weighted by molar-refractivity contribution is 6.41. The van der Waals surface area contributed by atoms with Gasteiger partial charge in [-0.1, -0.05) is 30.1 Å². The summed E-state index contributed by atoms with van der Waals surface area (Å²) in [5.74, 6) is -1.45. The van der Waals surface area contributed by atoms with Crippen LogP contribution in [0.1, 0.15) is 24.8 Å². The number of aliphatic carboxylic acids is 1. The number of hydrogen-bond acceptors (Lipinski definition) is 2. The number of rotatable bonds is 3. The first kappa shape index (κ1) is 11.3. The smallest absolute Gasteiger partial charge is 0.311 e. The van der Waals surface area contributed by atoms with Crippen molar-refractivity contribution in [2.24, 2.45) is 0 Å². The van der Waals surface area contributed by atoms with Gasteiger partial charge in [0.1, 0.15) is 5.15 Å². The summed E-state index contributed by atoms with van der Waals surface area (Å²) in [5.41, 5.74) is 0.578. The van der Waals surface area contributed by atoms with E-state index in [0.717, 1.165) is 0 Å². The van der Waals surface area contributed by atoms with Gasteiger partial charge in [-0.3, -0.25) is 4.79 Å². The third kappa shape index (κ3) is 2.36. The van der Waals surface area contributed by atoms with Crippen LogP contribution in [0.15, 0.2) is 12.3 Å². The Labute approximate surface area is 91.7 Å². The summed E-state index contributed by atoms with van der Waals surface area (Å²) in [6, 6.07) is 1.54. The van der Waals surface area contributed by atoms with Crippen LogP contribution in [0.2, 0.25) is 10.2 Å². The Morgan fingerprint density at radius 2 is 2.29 bits per heavy atom. The highest BCUT2D eigenvalue weighted by Gasteiger charge is 2.18. The van der Waals surface area contributed by atoms with Crippen molar-refractivity contribution < 1.29 is 9.90 Å². The molecule has 0 saturated heterocycles. The van der Waals surface area contributed by atoms with Crippen molar-refractivity contribution >= 4 is 29.2 Å². The molecule has 0 aromatic carbocycles. The van der Waals surface area contributed by atoms with Crippen molar-refractivity contribution in [1.29, 1.82) is 0 Å². The molecule has 1 rings (SSSR count). The molecule has 1 atom stereocenters. The van der Waals surface area contributed by atoms with E-state index in [-0.39, 0.29) is 10.2 Å². The molecule has 1 heterocycles. The second kappa shape index (κ2) is 4.62. The van der Waals surface area contributed by atoms with Gasteiger partial charge in [-0.25, -0.2) is 4.98 Å². The molecule has 1 N–H and O–H groups in total. The number of pyridine rings is 1. The summed E-state index contributed by atoms with van der Waals surface area (Å²) in [5, 5.41) is 9.35. The number of nitrogens with zero attached hydrogens (tertiary/aromatic N) is 1. The number of carboxylic acid groups (broad SMARTS) is 1. The molecule has 0 aliphatic carbocycles. The fraction of sp³-hybridized carbons (Fsp3) is 0.333. The predicted octanol–water partition coefficient (Wildman–Crippen LogP) is 2.97. The molecule has 0 aliphatic rings. The molecule has 76 valence electrons. The van der Waals surface area contributed by atoms with Crippen LogP contribution in [0.25, 0.3) is 0 Å². The summed E-state index contributed by atoms with van der Waals surface area (Å²) in [6.07, 6.45) is 1.94. The summed E-state index contributed by atoms with van der Waals surface area (Å²) in [7, 11) is 0. The van der Waals surface area contributed by atoms with Gasteiger partial charge < -0.3 is 5.11 Å². The van der Waals surface area contributed by atoms with Gasteiger partial charge in [0.2, 0.25) is 0 Å². The molecule has 3 nitrogen and oxygen atoms in total. The molecule has 5 heteroatoms. The minimum absolute atomic E-state index is 0.190. The zero-order valence-electron chi connectivity index (χ0n) is 7.50. The van der Waals surface area contributed by atoms with Crippen molar-refractivity contribution in [2.75, 3.05) is 0 Å². The van der Waals surface area contributed by atoms with E-state index in [1.807, 2.05) is 0 Å². The molecular formula is C9H9Cl2NO2. The first-order valence-corrected chi connectivity index (χ1v) is 4.85. The van der Waals surface area contributed by atoms with E-state index in [0.29, 0.717) is 12.0 Å². The lowest BCUT2D eigenvalue weighted by molar-refractivity contribution is -0.138. The fourth-order valence-electron chi connectivity index (χ4n) is 1.18. The zero-order chi connectivity index (χ0) is 10.7. The largest absolute Gasteiger partial charge is 0.481 e. The van der Waals surface area contributed by atoms with Gasteiger partial charge in [0.05, 0.1) is 10.9 Å². The van der Waals surface area contributed by atoms with Crippen LogP contribution in [0, 0.1) is 0 Å². The number of carboxylic acids is 1. The van der Waals surface area contributed by atoms with Gasteiger partial charge in [-0.15, -0.1) is 0 Å². The first-order valence-electron chi connectivity index (χ1n) is 4.10. The topological polar surface area (TPSA) is 50.2 Å². The maximum atomic E-state index is 10.8. The van der Waals surface area contributed by atoms with Crippen LogP contribution in [0.4, 0.5) is 0 Å². The first-order chi connectivity index (χ1) is 6.56. The summed E-state index contributed by atoms with van der Waals surface area (Å²) in [6.45, 7) is 1.79. The SMILES string of the molecule is CCC(C(=O)O)c1cnc(Cl)c(Cl)c1. The monoisotopic (exact) mass is 233 g/mol. The number of aromatic nitrogens is 1. The van der Waals surface area contributed by atoms with E-state index in [9.17, 15) is 4.79 Å². The third-order valence-corrected chi connectivity index (χ3v) is 2.61. The van der Waals surface area contributed by atoms with Gasteiger partial charge in [0, 0.05) is 6.20 Å². The van der Waals surface area contributed by atoms with E-state index in [1.165, 1.54) is 6.20 Å². The molecule has 1 aromatic rings. The van der Waals surface area contributed by atoms with E-state index in [1.54, 1.807) is 13.0 Å². The maximum Gasteiger partial charge on any atom is 0.311 e. The van der Waals surface area contributed by atoms with Gasteiger partial charge in [0.25, 0.3) is 0 Å². The average molecular weight is 234 g/mol. The predicted molar refractivity (Wildman–Crippen MR) is 54.9 cm³/mol. The van der Waals surface area contributed by atoms with Crippen molar-refractivity contribution in [3.05, 3.63) is 28.0 Å². The van der Waals surface area contributed by atoms with Crippen LogP contribution in [-0.2, 0) is 4.79 Å². The van der Waals surface area contributed by atoms with Crippen LogP contribution < -0.4 is 0 Å². The minimum atomic E-state index is -0.882. The Balaban J connectivity index is 3.06. The average Bonchev–Trinajstić information content (AvgIpc) is 2.11. The van der Waals surface area contributed by atoms with Crippen LogP contribution in [0.3, 0.4) is 0 Å². The molecule has 0 amide bonds. The standard InChI is InChI=1S/C9H9Cl2NO2/c1-2-6(9(13)14)5-3-7(10)8(11)12-4-5/h3-4,6H,2H2,1H3,(H,13,14). The molecule has 0 fully saturated rings. The van der Waals surface area contributed by atoms with Crippen molar-refractivity contribution in [3.8, 4) is 0 Å². The molecule has 0 spiro atoms. The lowest BCUT2D eigenvalue weighted by Gasteiger charge is -2.09. The lowest BCUT2D eigenvalue weighted by Crippen LogP contribution is -2.10. The molecular weight excluding hydrogens is 225 g/mol. The summed E-state index contributed by atoms with van der Waals surface area (Å²) >= 11 is 11.3. The quantitative estimate of drug-likeness (QED) is 0.818. The van der Waals surface area contributed by atoms with Gasteiger partial charge >= 0.3 is 5.97 Å². The van der Waals surface area contributed by atoms with Crippen LogP contribution in [-0.4, -0.2) is 16.1 Å². The normalized spacial score (nSPS) is 12.5. The molecule has 0 radical (unpaired) electrons. The van der Waals surface area contributed by atoms with Crippen molar-refractivity contribution in [3.63, 3.8) is 0 Å². The molecule has 14 heavy (non-hydrogen) atoms. The van der Waals surface area contributed by atoms with E-state index in [4.69, 9.17) is 28.3 Å². The summed E-state index contributed by atoms with van der Waals surface area (Å²) in [4.78, 5) is 14.6. The number of hydrogen-bond donors (Lipinski definition) is 1. The Hall–Kier alpha value is -0.800. The van der Waals surface area contributed by atoms with Crippen molar-refractivity contribution in [1.82, 2.24) is 4.98 Å². The zero-order valence-corrected chi connectivity index (χ0v) is 9.01. The van der Waals surface area contributed by atoms with Gasteiger partial charge in [-0.05, 0) is 18.1 Å². The highest BCUT2D eigenvalue weighted by Crippen LogP contribution is 2.25. The second-order valence-electron chi connectivity index (χ2n) is 2.84. The van der Waals surface area contributed by atoms with Gasteiger partial charge in [-0.2, -0.15) is 0 Å². The highest BCUT2D eigenvalue weighted by atomic mass is 35.5. The summed E-state index contributed by atoms with van der Waals surface area (Å²) < 4.78 is 0. The lowest BCUT2D eigenvalue weighted by atomic mass is 9.99. The molecule has 1 aromatic heterocycles. The molecule has 1 unspecified atom stereocenters. The maximum absolute atomic E-state index is 10.8. The number of halogens is 2. The Morgan fingerprint density at radius 1 is 1.64 bits per heavy atom. The Kier molecular flexibility index (Phi) is 3.72. The minimum Gasteiger partial charge on any atom is -0.481 e. The van der Waals surface area contributed by atoms with Crippen LogP contribution >= 0.6 is 23.2 Å². The van der Waals surface area contributed by atoms with E-state index < -0.39 is 11.9 Å².